The molecule has 8 nitrogen and oxygen atoms in total. The van der Waals surface area contributed by atoms with E-state index in [-0.39, 0.29) is 6.42 Å². The van der Waals surface area contributed by atoms with Gasteiger partial charge in [0, 0.05) is 54.9 Å². The van der Waals surface area contributed by atoms with E-state index in [1.807, 2.05) is 75.1 Å². The summed E-state index contributed by atoms with van der Waals surface area (Å²) in [5, 5.41) is 9.81. The Kier molecular flexibility index (Phi) is 10.6. The molecule has 3 aromatic heterocycles. The highest BCUT2D eigenvalue weighted by Crippen LogP contribution is 2.29. The topological polar surface area (TPSA) is 98.4 Å². The summed E-state index contributed by atoms with van der Waals surface area (Å²) >= 11 is 2.94. The van der Waals surface area contributed by atoms with Crippen LogP contribution in [0.25, 0.3) is 21.4 Å². The van der Waals surface area contributed by atoms with E-state index in [9.17, 15) is 9.59 Å². The van der Waals surface area contributed by atoms with Crippen molar-refractivity contribution >= 4 is 58.6 Å². The molecule has 41 heavy (non-hydrogen) atoms. The van der Waals surface area contributed by atoms with Crippen molar-refractivity contribution in [2.75, 3.05) is 37.8 Å². The summed E-state index contributed by atoms with van der Waals surface area (Å²) in [6, 6.07) is 15.1. The zero-order valence-corrected chi connectivity index (χ0v) is 26.2. The second-order valence-electron chi connectivity index (χ2n) is 8.83. The molecule has 0 unspecified atom stereocenters. The molecule has 0 fully saturated rings. The smallest absolute Gasteiger partial charge is 0.481 e. The van der Waals surface area contributed by atoms with Crippen LogP contribution in [0.4, 0.5) is 5.69 Å². The number of thiophene rings is 2. The van der Waals surface area contributed by atoms with Gasteiger partial charge in [-0.1, -0.05) is 0 Å². The van der Waals surface area contributed by atoms with E-state index in [0.29, 0.717) is 44.1 Å². The lowest BCUT2D eigenvalue weighted by molar-refractivity contribution is -0.136. The summed E-state index contributed by atoms with van der Waals surface area (Å²) in [5.41, 5.74) is 1.31. The van der Waals surface area contributed by atoms with Crippen LogP contribution in [0.5, 0.6) is 0 Å². The Labute approximate surface area is 248 Å². The SMILES string of the molecule is CCO[Si](OCC)(OCC)c1ccc(C#Cc2ccc(-c3cc4ccc(N(CC)CCC(=O)O)cc4oc3=O)s2)s1. The van der Waals surface area contributed by atoms with Crippen LogP contribution in [0.1, 0.15) is 43.9 Å². The van der Waals surface area contributed by atoms with Crippen molar-refractivity contribution in [3.05, 3.63) is 68.7 Å². The molecule has 0 bridgehead atoms. The molecule has 216 valence electrons. The van der Waals surface area contributed by atoms with Gasteiger partial charge in [-0.15, -0.1) is 22.7 Å². The molecule has 0 aliphatic carbocycles. The van der Waals surface area contributed by atoms with Gasteiger partial charge >= 0.3 is 20.4 Å². The molecule has 1 N–H and O–H groups in total. The Hall–Kier alpha value is -3.24. The fraction of sp³-hybridized carbons (Fsp3) is 0.333. The monoisotopic (exact) mass is 611 g/mol. The van der Waals surface area contributed by atoms with Crippen LogP contribution in [0.3, 0.4) is 0 Å². The lowest BCUT2D eigenvalue weighted by Gasteiger charge is -2.27. The van der Waals surface area contributed by atoms with Gasteiger partial charge in [0.15, 0.2) is 0 Å². The lowest BCUT2D eigenvalue weighted by Crippen LogP contribution is -2.55. The van der Waals surface area contributed by atoms with Gasteiger partial charge in [-0.3, -0.25) is 4.79 Å². The van der Waals surface area contributed by atoms with Crippen molar-refractivity contribution in [1.82, 2.24) is 0 Å². The first-order valence-electron chi connectivity index (χ1n) is 13.5. The molecule has 4 rings (SSSR count). The number of anilines is 1. The van der Waals surface area contributed by atoms with E-state index in [1.54, 1.807) is 6.07 Å². The molecular weight excluding hydrogens is 579 g/mol. The molecule has 0 atom stereocenters. The van der Waals surface area contributed by atoms with Crippen molar-refractivity contribution in [2.24, 2.45) is 0 Å². The lowest BCUT2D eigenvalue weighted by atomic mass is 10.1. The Morgan fingerprint density at radius 2 is 1.59 bits per heavy atom. The molecule has 0 saturated heterocycles. The number of aliphatic carboxylic acids is 1. The summed E-state index contributed by atoms with van der Waals surface area (Å²) in [4.78, 5) is 28.3. The first kappa shape index (κ1) is 30.7. The van der Waals surface area contributed by atoms with Crippen LogP contribution >= 0.6 is 22.7 Å². The zero-order valence-electron chi connectivity index (χ0n) is 23.5. The van der Waals surface area contributed by atoms with Crippen molar-refractivity contribution in [1.29, 1.82) is 0 Å². The van der Waals surface area contributed by atoms with Crippen LogP contribution in [-0.4, -0.2) is 52.8 Å². The Morgan fingerprint density at radius 1 is 0.927 bits per heavy atom. The third-order valence-corrected chi connectivity index (χ3v) is 11.8. The van der Waals surface area contributed by atoms with Crippen LogP contribution in [0.15, 0.2) is 57.7 Å². The molecule has 4 aromatic rings. The third kappa shape index (κ3) is 7.34. The van der Waals surface area contributed by atoms with Crippen LogP contribution in [0.2, 0.25) is 0 Å². The minimum Gasteiger partial charge on any atom is -0.481 e. The predicted octanol–water partition coefficient (Wildman–Crippen LogP) is 5.54. The van der Waals surface area contributed by atoms with Crippen LogP contribution < -0.4 is 15.0 Å². The van der Waals surface area contributed by atoms with E-state index < -0.39 is 20.4 Å². The molecule has 0 aliphatic heterocycles. The fourth-order valence-corrected chi connectivity index (χ4v) is 9.26. The maximum absolute atomic E-state index is 12.9. The van der Waals surface area contributed by atoms with Gasteiger partial charge < -0.3 is 27.7 Å². The fourth-order valence-electron chi connectivity index (χ4n) is 4.32. The predicted molar refractivity (Wildman–Crippen MR) is 167 cm³/mol. The summed E-state index contributed by atoms with van der Waals surface area (Å²) in [6.45, 7) is 10.3. The standard InChI is InChI=1S/C30H33NO7S2Si/c1-5-31(18-17-28(32)33)22-10-9-21-19-25(30(34)38-26(21)20-22)27-15-13-23(39-27)11-12-24-14-16-29(40-24)41(35-6-2,36-7-3)37-8-4/h9-10,13-16,19-20H,5-8,17-18H2,1-4H3,(H,32,33). The number of benzene rings is 1. The van der Waals surface area contributed by atoms with E-state index in [1.165, 1.54) is 22.7 Å². The van der Waals surface area contributed by atoms with E-state index in [0.717, 1.165) is 30.2 Å². The zero-order chi connectivity index (χ0) is 29.4. The number of hydrogen-bond acceptors (Lipinski definition) is 9. The van der Waals surface area contributed by atoms with Gasteiger partial charge in [0.1, 0.15) is 5.58 Å². The maximum atomic E-state index is 12.9. The second kappa shape index (κ2) is 14.1. The van der Waals surface area contributed by atoms with E-state index >= 15 is 0 Å². The quantitative estimate of drug-likeness (QED) is 0.120. The van der Waals surface area contributed by atoms with Crippen molar-refractivity contribution in [2.45, 2.75) is 34.1 Å². The molecule has 11 heteroatoms. The van der Waals surface area contributed by atoms with Gasteiger partial charge in [-0.2, -0.15) is 0 Å². The van der Waals surface area contributed by atoms with Crippen molar-refractivity contribution in [3.8, 4) is 22.3 Å². The summed E-state index contributed by atoms with van der Waals surface area (Å²) in [7, 11) is -2.97. The summed E-state index contributed by atoms with van der Waals surface area (Å²) in [6.07, 6.45) is 0.0301. The Balaban J connectivity index is 1.56. The number of rotatable bonds is 13. The van der Waals surface area contributed by atoms with E-state index in [4.69, 9.17) is 22.8 Å². The highest BCUT2D eigenvalue weighted by Gasteiger charge is 2.44. The molecule has 0 amide bonds. The first-order valence-corrected chi connectivity index (χ1v) is 16.9. The normalized spacial score (nSPS) is 11.4. The van der Waals surface area contributed by atoms with Gasteiger partial charge in [0.25, 0.3) is 0 Å². The highest BCUT2D eigenvalue weighted by molar-refractivity contribution is 7.24. The van der Waals surface area contributed by atoms with E-state index in [2.05, 4.69) is 11.8 Å². The molecule has 0 aliphatic rings. The molecule has 0 spiro atoms. The second-order valence-corrected chi connectivity index (χ2v) is 13.9. The van der Waals surface area contributed by atoms with Gasteiger partial charge in [0.05, 0.1) is 26.2 Å². The Bertz CT molecular complexity index is 1600. The number of hydrogen-bond donors (Lipinski definition) is 1. The summed E-state index contributed by atoms with van der Waals surface area (Å²) in [5.74, 6) is 5.57. The highest BCUT2D eigenvalue weighted by atomic mass is 32.1. The molecule has 0 saturated carbocycles. The minimum absolute atomic E-state index is 0.0301. The summed E-state index contributed by atoms with van der Waals surface area (Å²) < 4.78 is 24.6. The number of carboxylic acid groups (broad SMARTS) is 1. The van der Waals surface area contributed by atoms with Gasteiger partial charge in [0.2, 0.25) is 0 Å². The largest absolute Gasteiger partial charge is 0.547 e. The number of fused-ring (bicyclic) bond motifs is 1. The molecule has 1 aromatic carbocycles. The first-order chi connectivity index (χ1) is 19.8. The average Bonchev–Trinajstić information content (AvgIpc) is 3.62. The molecule has 0 radical (unpaired) electrons. The maximum Gasteiger partial charge on any atom is 0.547 e. The molecule has 3 heterocycles. The van der Waals surface area contributed by atoms with Crippen molar-refractivity contribution in [3.63, 3.8) is 0 Å². The van der Waals surface area contributed by atoms with Crippen LogP contribution in [-0.2, 0) is 18.1 Å². The van der Waals surface area contributed by atoms with Gasteiger partial charge in [-0.05, 0) is 82.0 Å². The number of carboxylic acids is 1. The third-order valence-electron chi connectivity index (χ3n) is 6.15. The number of nitrogens with zero attached hydrogens (tertiary/aromatic N) is 1. The Morgan fingerprint density at radius 3 is 2.22 bits per heavy atom. The van der Waals surface area contributed by atoms with Gasteiger partial charge in [-0.25, -0.2) is 4.79 Å². The average molecular weight is 612 g/mol. The van der Waals surface area contributed by atoms with Crippen molar-refractivity contribution < 1.29 is 27.6 Å². The number of carbonyl (C=O) groups is 1. The van der Waals surface area contributed by atoms with Crippen LogP contribution in [0, 0.1) is 11.8 Å². The minimum atomic E-state index is -2.97. The molecular formula is C30H33NO7S2Si.